The minimum absolute atomic E-state index is 0.206. The van der Waals surface area contributed by atoms with Crippen LogP contribution < -0.4 is 5.32 Å². The number of nitrogens with one attached hydrogen (secondary N) is 1. The molecule has 2 aromatic heterocycles. The monoisotopic (exact) mass is 303 g/mol. The Bertz CT molecular complexity index is 770. The molecule has 1 aromatic carbocycles. The molecule has 8 heteroatoms. The molecular weight excluding hydrogens is 289 g/mol. The maximum Gasteiger partial charge on any atom is 0.243 e. The van der Waals surface area contributed by atoms with E-state index in [4.69, 9.17) is 8.94 Å². The lowest BCUT2D eigenvalue weighted by atomic mass is 10.2. The van der Waals surface area contributed by atoms with Crippen LogP contribution >= 0.6 is 0 Å². The van der Waals surface area contributed by atoms with Gasteiger partial charge in [-0.2, -0.15) is 4.98 Å². The standard InChI is InChI=1S/C14H14FN5O2/c1-8(16-7-12-19-18-9(2)21-12)14-17-13(20-22-14)10-4-3-5-11(15)6-10/h3-6,8,16H,7H2,1-2H3/t8-/m0/s1. The van der Waals surface area contributed by atoms with E-state index in [0.29, 0.717) is 35.6 Å². The molecule has 0 unspecified atom stereocenters. The van der Waals surface area contributed by atoms with Gasteiger partial charge in [0.05, 0.1) is 12.6 Å². The van der Waals surface area contributed by atoms with Gasteiger partial charge in [0, 0.05) is 12.5 Å². The van der Waals surface area contributed by atoms with Crippen LogP contribution in [0.1, 0.15) is 30.6 Å². The Hall–Kier alpha value is -2.61. The molecule has 114 valence electrons. The fourth-order valence-electron chi connectivity index (χ4n) is 1.89. The molecule has 0 amide bonds. The lowest BCUT2D eigenvalue weighted by Crippen LogP contribution is -2.18. The Kier molecular flexibility index (Phi) is 3.92. The van der Waals surface area contributed by atoms with Crippen LogP contribution in [0, 0.1) is 12.7 Å². The first kappa shape index (κ1) is 14.3. The highest BCUT2D eigenvalue weighted by Crippen LogP contribution is 2.19. The van der Waals surface area contributed by atoms with Crippen LogP contribution in [-0.4, -0.2) is 20.3 Å². The van der Waals surface area contributed by atoms with Crippen LogP contribution in [0.3, 0.4) is 0 Å². The Morgan fingerprint density at radius 2 is 2.18 bits per heavy atom. The Morgan fingerprint density at radius 3 is 2.91 bits per heavy atom. The highest BCUT2D eigenvalue weighted by atomic mass is 19.1. The summed E-state index contributed by atoms with van der Waals surface area (Å²) >= 11 is 0. The second-order valence-electron chi connectivity index (χ2n) is 4.78. The van der Waals surface area contributed by atoms with E-state index in [1.807, 2.05) is 6.92 Å². The number of rotatable bonds is 5. The van der Waals surface area contributed by atoms with Crippen LogP contribution in [0.4, 0.5) is 4.39 Å². The number of hydrogen-bond acceptors (Lipinski definition) is 7. The van der Waals surface area contributed by atoms with E-state index < -0.39 is 0 Å². The molecule has 0 saturated carbocycles. The van der Waals surface area contributed by atoms with E-state index in [0.717, 1.165) is 0 Å². The third-order valence-electron chi connectivity index (χ3n) is 3.02. The van der Waals surface area contributed by atoms with E-state index in [1.54, 1.807) is 19.1 Å². The van der Waals surface area contributed by atoms with Crippen molar-refractivity contribution in [2.45, 2.75) is 26.4 Å². The molecule has 0 spiro atoms. The molecule has 0 radical (unpaired) electrons. The topological polar surface area (TPSA) is 89.9 Å². The van der Waals surface area contributed by atoms with Crippen LogP contribution in [0.2, 0.25) is 0 Å². The van der Waals surface area contributed by atoms with E-state index in [-0.39, 0.29) is 11.9 Å². The van der Waals surface area contributed by atoms with E-state index >= 15 is 0 Å². The van der Waals surface area contributed by atoms with Gasteiger partial charge in [0.1, 0.15) is 5.82 Å². The zero-order valence-corrected chi connectivity index (χ0v) is 12.1. The molecule has 0 aliphatic carbocycles. The van der Waals surface area contributed by atoms with Crippen molar-refractivity contribution in [2.75, 3.05) is 0 Å². The van der Waals surface area contributed by atoms with Crippen molar-refractivity contribution in [1.29, 1.82) is 0 Å². The van der Waals surface area contributed by atoms with Crippen LogP contribution in [0.5, 0.6) is 0 Å². The van der Waals surface area contributed by atoms with Gasteiger partial charge >= 0.3 is 0 Å². The second kappa shape index (κ2) is 6.02. The Balaban J connectivity index is 1.67. The maximum absolute atomic E-state index is 13.2. The van der Waals surface area contributed by atoms with Crippen molar-refractivity contribution in [3.63, 3.8) is 0 Å². The fraction of sp³-hybridized carbons (Fsp3) is 0.286. The van der Waals surface area contributed by atoms with E-state index in [1.165, 1.54) is 12.1 Å². The van der Waals surface area contributed by atoms with Gasteiger partial charge in [0.25, 0.3) is 0 Å². The van der Waals surface area contributed by atoms with Crippen molar-refractivity contribution in [2.24, 2.45) is 0 Å². The summed E-state index contributed by atoms with van der Waals surface area (Å²) in [5, 5.41) is 14.6. The smallest absolute Gasteiger partial charge is 0.243 e. The molecule has 3 rings (SSSR count). The summed E-state index contributed by atoms with van der Waals surface area (Å²) in [4.78, 5) is 4.27. The van der Waals surface area contributed by atoms with Gasteiger partial charge in [-0.25, -0.2) is 4.39 Å². The van der Waals surface area contributed by atoms with Gasteiger partial charge in [-0.15, -0.1) is 10.2 Å². The largest absolute Gasteiger partial charge is 0.424 e. The minimum Gasteiger partial charge on any atom is -0.424 e. The Labute approximate surface area is 125 Å². The number of nitrogens with zero attached hydrogens (tertiary/aromatic N) is 4. The van der Waals surface area contributed by atoms with E-state index in [2.05, 4.69) is 25.7 Å². The molecule has 0 aliphatic rings. The van der Waals surface area contributed by atoms with Crippen molar-refractivity contribution >= 4 is 0 Å². The molecule has 22 heavy (non-hydrogen) atoms. The molecule has 7 nitrogen and oxygen atoms in total. The Morgan fingerprint density at radius 1 is 1.32 bits per heavy atom. The molecular formula is C14H14FN5O2. The van der Waals surface area contributed by atoms with E-state index in [9.17, 15) is 4.39 Å². The lowest BCUT2D eigenvalue weighted by molar-refractivity contribution is 0.331. The predicted molar refractivity (Wildman–Crippen MR) is 74.0 cm³/mol. The third kappa shape index (κ3) is 3.17. The zero-order valence-electron chi connectivity index (χ0n) is 12.1. The summed E-state index contributed by atoms with van der Waals surface area (Å²) in [6, 6.07) is 5.83. The summed E-state index contributed by atoms with van der Waals surface area (Å²) in [7, 11) is 0. The van der Waals surface area contributed by atoms with Crippen LogP contribution in [0.25, 0.3) is 11.4 Å². The summed E-state index contributed by atoms with van der Waals surface area (Å²) in [6.07, 6.45) is 0. The summed E-state index contributed by atoms with van der Waals surface area (Å²) < 4.78 is 23.7. The normalized spacial score (nSPS) is 12.5. The quantitative estimate of drug-likeness (QED) is 0.774. The molecule has 2 heterocycles. The molecule has 0 bridgehead atoms. The summed E-state index contributed by atoms with van der Waals surface area (Å²) in [6.45, 7) is 3.98. The number of aromatic nitrogens is 4. The van der Waals surface area contributed by atoms with Crippen LogP contribution in [-0.2, 0) is 6.54 Å². The van der Waals surface area contributed by atoms with Gasteiger partial charge in [0.15, 0.2) is 0 Å². The average Bonchev–Trinajstić information content (AvgIpc) is 3.14. The van der Waals surface area contributed by atoms with Crippen molar-refractivity contribution in [3.8, 4) is 11.4 Å². The molecule has 1 N–H and O–H groups in total. The van der Waals surface area contributed by atoms with Gasteiger partial charge < -0.3 is 8.94 Å². The minimum atomic E-state index is -0.346. The number of hydrogen-bond donors (Lipinski definition) is 1. The predicted octanol–water partition coefficient (Wildman–Crippen LogP) is 2.42. The number of halogens is 1. The van der Waals surface area contributed by atoms with Crippen molar-refractivity contribution < 1.29 is 13.3 Å². The molecule has 1 atom stereocenters. The molecule has 3 aromatic rings. The highest BCUT2D eigenvalue weighted by Gasteiger charge is 2.16. The molecule has 0 saturated heterocycles. The second-order valence-corrected chi connectivity index (χ2v) is 4.78. The fourth-order valence-corrected chi connectivity index (χ4v) is 1.89. The van der Waals surface area contributed by atoms with Gasteiger partial charge in [-0.05, 0) is 19.1 Å². The average molecular weight is 303 g/mol. The third-order valence-corrected chi connectivity index (χ3v) is 3.02. The van der Waals surface area contributed by atoms with Crippen molar-refractivity contribution in [3.05, 3.63) is 47.8 Å². The number of aryl methyl sites for hydroxylation is 1. The molecule has 0 fully saturated rings. The zero-order chi connectivity index (χ0) is 15.5. The first-order chi connectivity index (χ1) is 10.6. The van der Waals surface area contributed by atoms with Crippen molar-refractivity contribution in [1.82, 2.24) is 25.7 Å². The SMILES string of the molecule is Cc1nnc(CN[C@@H](C)c2nc(-c3cccc(F)c3)no2)o1. The molecule has 0 aliphatic heterocycles. The van der Waals surface area contributed by atoms with Crippen LogP contribution in [0.15, 0.2) is 33.2 Å². The summed E-state index contributed by atoms with van der Waals surface area (Å²) in [5.74, 6) is 1.39. The highest BCUT2D eigenvalue weighted by molar-refractivity contribution is 5.53. The lowest BCUT2D eigenvalue weighted by Gasteiger charge is -2.06. The summed E-state index contributed by atoms with van der Waals surface area (Å²) in [5.41, 5.74) is 0.565. The number of benzene rings is 1. The first-order valence-corrected chi connectivity index (χ1v) is 6.74. The van der Waals surface area contributed by atoms with Gasteiger partial charge in [-0.1, -0.05) is 17.3 Å². The maximum atomic E-state index is 13.2. The van der Waals surface area contributed by atoms with Gasteiger partial charge in [-0.3, -0.25) is 5.32 Å². The first-order valence-electron chi connectivity index (χ1n) is 6.74. The van der Waals surface area contributed by atoms with Gasteiger partial charge in [0.2, 0.25) is 23.5 Å².